The molecule has 1 unspecified atom stereocenters. The summed E-state index contributed by atoms with van der Waals surface area (Å²) in [4.78, 5) is 0. The van der Waals surface area contributed by atoms with E-state index in [2.05, 4.69) is 37.8 Å². The molecule has 0 heteroatoms. The van der Waals surface area contributed by atoms with E-state index in [1.165, 1.54) is 42.4 Å². The summed E-state index contributed by atoms with van der Waals surface area (Å²) in [6.45, 7) is 6.29. The first kappa shape index (κ1) is 9.51. The summed E-state index contributed by atoms with van der Waals surface area (Å²) in [7, 11) is 0. The van der Waals surface area contributed by atoms with E-state index in [0.717, 1.165) is 5.92 Å². The predicted octanol–water partition coefficient (Wildman–Crippen LogP) is 3.89. The predicted molar refractivity (Wildman–Crippen MR) is 61.4 cm³/mol. The van der Waals surface area contributed by atoms with Crippen molar-refractivity contribution in [3.05, 3.63) is 47.5 Å². The molecule has 1 aromatic carbocycles. The minimum Gasteiger partial charge on any atom is -0.0996 e. The Morgan fingerprint density at radius 3 is 2.57 bits per heavy atom. The van der Waals surface area contributed by atoms with Crippen molar-refractivity contribution in [3.8, 4) is 0 Å². The Bertz CT molecular complexity index is 318. The van der Waals surface area contributed by atoms with Gasteiger partial charge in [-0.1, -0.05) is 42.0 Å². The lowest BCUT2D eigenvalue weighted by molar-refractivity contribution is 0.625. The molecule has 1 aromatic rings. The highest BCUT2D eigenvalue weighted by molar-refractivity contribution is 5.23. The molecule has 1 aliphatic carbocycles. The maximum Gasteiger partial charge on any atom is -0.0165 e. The fourth-order valence-electron chi connectivity index (χ4n) is 2.24. The van der Waals surface area contributed by atoms with Crippen molar-refractivity contribution in [1.29, 1.82) is 0 Å². The van der Waals surface area contributed by atoms with Crippen LogP contribution in [-0.2, 0) is 6.42 Å². The van der Waals surface area contributed by atoms with Crippen LogP contribution in [0.15, 0.2) is 36.4 Å². The summed E-state index contributed by atoms with van der Waals surface area (Å²) >= 11 is 0. The molecule has 1 saturated carbocycles. The minimum atomic E-state index is 0.748. The molecule has 0 N–H and O–H groups in total. The van der Waals surface area contributed by atoms with Crippen LogP contribution in [0.25, 0.3) is 0 Å². The van der Waals surface area contributed by atoms with Crippen molar-refractivity contribution < 1.29 is 0 Å². The van der Waals surface area contributed by atoms with Gasteiger partial charge >= 0.3 is 0 Å². The lowest BCUT2D eigenvalue weighted by atomic mass is 9.95. The highest BCUT2D eigenvalue weighted by atomic mass is 14.2. The zero-order valence-electron chi connectivity index (χ0n) is 8.92. The fraction of sp³-hybridized carbons (Fsp3) is 0.429. The van der Waals surface area contributed by atoms with E-state index < -0.39 is 0 Å². The molecule has 2 rings (SSSR count). The number of aryl methyl sites for hydroxylation is 1. The van der Waals surface area contributed by atoms with Crippen LogP contribution in [0.2, 0.25) is 0 Å². The van der Waals surface area contributed by atoms with Gasteiger partial charge in [0, 0.05) is 0 Å². The summed E-state index contributed by atoms with van der Waals surface area (Å²) in [6.07, 6.45) is 5.12. The van der Waals surface area contributed by atoms with Gasteiger partial charge in [0.2, 0.25) is 0 Å². The molecule has 0 radical (unpaired) electrons. The van der Waals surface area contributed by atoms with Gasteiger partial charge in [0.25, 0.3) is 0 Å². The zero-order valence-corrected chi connectivity index (χ0v) is 8.92. The summed E-state index contributed by atoms with van der Waals surface area (Å²) in [6, 6.07) is 8.90. The Kier molecular flexibility index (Phi) is 2.72. The van der Waals surface area contributed by atoms with Crippen molar-refractivity contribution in [2.75, 3.05) is 0 Å². The maximum absolute atomic E-state index is 4.15. The van der Waals surface area contributed by atoms with Crippen LogP contribution in [0.4, 0.5) is 0 Å². The smallest absolute Gasteiger partial charge is 0.0165 e. The molecule has 0 aliphatic heterocycles. The largest absolute Gasteiger partial charge is 0.0996 e. The van der Waals surface area contributed by atoms with Crippen molar-refractivity contribution in [2.45, 2.75) is 32.6 Å². The molecular formula is C14H18. The van der Waals surface area contributed by atoms with Gasteiger partial charge in [-0.25, -0.2) is 0 Å². The first-order valence-electron chi connectivity index (χ1n) is 5.49. The van der Waals surface area contributed by atoms with Crippen LogP contribution in [0.3, 0.4) is 0 Å². The second-order valence-corrected chi connectivity index (χ2v) is 4.44. The van der Waals surface area contributed by atoms with Gasteiger partial charge in [0.1, 0.15) is 0 Å². The molecule has 1 atom stereocenters. The van der Waals surface area contributed by atoms with Gasteiger partial charge in [-0.15, -0.1) is 0 Å². The third-order valence-corrected chi connectivity index (χ3v) is 3.23. The van der Waals surface area contributed by atoms with E-state index in [1.807, 2.05) is 0 Å². The summed E-state index contributed by atoms with van der Waals surface area (Å²) in [5, 5.41) is 0. The second-order valence-electron chi connectivity index (χ2n) is 4.44. The molecule has 0 saturated heterocycles. The normalized spacial score (nSPS) is 21.5. The van der Waals surface area contributed by atoms with E-state index >= 15 is 0 Å². The average Bonchev–Trinajstić information content (AvgIpc) is 2.56. The van der Waals surface area contributed by atoms with Gasteiger partial charge in [0.05, 0.1) is 0 Å². The summed E-state index contributed by atoms with van der Waals surface area (Å²) in [5.41, 5.74) is 4.27. The fourth-order valence-corrected chi connectivity index (χ4v) is 2.24. The Morgan fingerprint density at radius 2 is 2.00 bits per heavy atom. The van der Waals surface area contributed by atoms with E-state index in [1.54, 1.807) is 0 Å². The van der Waals surface area contributed by atoms with Gasteiger partial charge in [-0.3, -0.25) is 0 Å². The van der Waals surface area contributed by atoms with Crippen LogP contribution in [0, 0.1) is 12.8 Å². The Labute approximate surface area is 86.7 Å². The lowest BCUT2D eigenvalue weighted by Crippen LogP contribution is -2.00. The second kappa shape index (κ2) is 4.00. The Balaban J connectivity index is 2.03. The third kappa shape index (κ3) is 2.06. The monoisotopic (exact) mass is 186 g/mol. The van der Waals surface area contributed by atoms with E-state index in [-0.39, 0.29) is 0 Å². The number of allylic oxidation sites excluding steroid dienone is 1. The number of hydrogen-bond donors (Lipinski definition) is 0. The number of rotatable bonds is 2. The van der Waals surface area contributed by atoms with Gasteiger partial charge in [-0.05, 0) is 44.1 Å². The molecule has 14 heavy (non-hydrogen) atoms. The van der Waals surface area contributed by atoms with Crippen LogP contribution in [0.1, 0.15) is 30.4 Å². The van der Waals surface area contributed by atoms with E-state index in [9.17, 15) is 0 Å². The first-order valence-corrected chi connectivity index (χ1v) is 5.49. The Hall–Kier alpha value is -1.04. The molecule has 0 heterocycles. The molecule has 0 spiro atoms. The standard InChI is InChI=1S/C14H18/c1-11-6-8-13(9-7-11)10-14-5-3-4-12(14)2/h6-9,14H,2-5,10H2,1H3. The van der Waals surface area contributed by atoms with Crippen LogP contribution in [0.5, 0.6) is 0 Å². The number of benzene rings is 1. The first-order chi connectivity index (χ1) is 6.75. The van der Waals surface area contributed by atoms with Crippen LogP contribution in [-0.4, -0.2) is 0 Å². The van der Waals surface area contributed by atoms with Gasteiger partial charge in [0.15, 0.2) is 0 Å². The molecule has 0 nitrogen and oxygen atoms in total. The summed E-state index contributed by atoms with van der Waals surface area (Å²) < 4.78 is 0. The highest BCUT2D eigenvalue weighted by Crippen LogP contribution is 2.32. The quantitative estimate of drug-likeness (QED) is 0.615. The van der Waals surface area contributed by atoms with Crippen molar-refractivity contribution in [2.24, 2.45) is 5.92 Å². The molecule has 1 aliphatic rings. The van der Waals surface area contributed by atoms with E-state index in [0.29, 0.717) is 0 Å². The molecule has 1 fully saturated rings. The van der Waals surface area contributed by atoms with Crippen molar-refractivity contribution in [1.82, 2.24) is 0 Å². The van der Waals surface area contributed by atoms with Crippen LogP contribution < -0.4 is 0 Å². The zero-order chi connectivity index (χ0) is 9.97. The third-order valence-electron chi connectivity index (χ3n) is 3.23. The lowest BCUT2D eigenvalue weighted by Gasteiger charge is -2.10. The molecule has 0 bridgehead atoms. The van der Waals surface area contributed by atoms with Gasteiger partial charge < -0.3 is 0 Å². The molecule has 0 amide bonds. The van der Waals surface area contributed by atoms with E-state index in [4.69, 9.17) is 0 Å². The average molecular weight is 186 g/mol. The van der Waals surface area contributed by atoms with Crippen molar-refractivity contribution >= 4 is 0 Å². The Morgan fingerprint density at radius 1 is 1.29 bits per heavy atom. The van der Waals surface area contributed by atoms with Gasteiger partial charge in [-0.2, -0.15) is 0 Å². The molecule has 0 aromatic heterocycles. The van der Waals surface area contributed by atoms with Crippen molar-refractivity contribution in [3.63, 3.8) is 0 Å². The molecule has 74 valence electrons. The summed E-state index contributed by atoms with van der Waals surface area (Å²) in [5.74, 6) is 0.748. The topological polar surface area (TPSA) is 0 Å². The van der Waals surface area contributed by atoms with Crippen LogP contribution >= 0.6 is 0 Å². The maximum atomic E-state index is 4.15. The minimum absolute atomic E-state index is 0.748. The number of hydrogen-bond acceptors (Lipinski definition) is 0. The highest BCUT2D eigenvalue weighted by Gasteiger charge is 2.18. The SMILES string of the molecule is C=C1CCCC1Cc1ccc(C)cc1. The molecular weight excluding hydrogens is 168 g/mol.